The summed E-state index contributed by atoms with van der Waals surface area (Å²) in [5.41, 5.74) is 2.15. The van der Waals surface area contributed by atoms with Gasteiger partial charge in [0.15, 0.2) is 0 Å². The van der Waals surface area contributed by atoms with Gasteiger partial charge in [0.05, 0.1) is 13.2 Å². The van der Waals surface area contributed by atoms with Crippen molar-refractivity contribution in [3.05, 3.63) is 66.4 Å². The lowest BCUT2D eigenvalue weighted by Crippen LogP contribution is -2.03. The highest BCUT2D eigenvalue weighted by Crippen LogP contribution is 2.20. The predicted molar refractivity (Wildman–Crippen MR) is 84.4 cm³/mol. The summed E-state index contributed by atoms with van der Waals surface area (Å²) in [4.78, 5) is 0. The molecule has 3 rings (SSSR count). The maximum atomic E-state index is 9.36. The Morgan fingerprint density at radius 1 is 0.952 bits per heavy atom. The minimum Gasteiger partial charge on any atom is -0.494 e. The van der Waals surface area contributed by atoms with Gasteiger partial charge in [-0.25, -0.2) is 0 Å². The molecule has 1 N–H and O–H groups in total. The number of aliphatic hydroxyl groups excluding tert-OH is 1. The molecule has 0 aliphatic heterocycles. The van der Waals surface area contributed by atoms with Crippen LogP contribution < -0.4 is 4.74 Å². The average Bonchev–Trinajstić information content (AvgIpc) is 2.96. The second-order valence-corrected chi connectivity index (χ2v) is 5.03. The molecule has 0 bridgehead atoms. The second kappa shape index (κ2) is 6.46. The number of aliphatic hydroxyl groups is 1. The Balaban J connectivity index is 1.61. The van der Waals surface area contributed by atoms with E-state index in [0.717, 1.165) is 29.7 Å². The van der Waals surface area contributed by atoms with Gasteiger partial charge in [0.25, 0.3) is 0 Å². The third kappa shape index (κ3) is 3.09. The van der Waals surface area contributed by atoms with Gasteiger partial charge in [0.2, 0.25) is 0 Å². The van der Waals surface area contributed by atoms with Gasteiger partial charge in [0.1, 0.15) is 5.75 Å². The third-order valence-corrected chi connectivity index (χ3v) is 3.63. The molecular formula is C18H19NO2. The lowest BCUT2D eigenvalue weighted by atomic mass is 10.1. The Kier molecular flexibility index (Phi) is 4.22. The van der Waals surface area contributed by atoms with E-state index in [0.29, 0.717) is 6.61 Å². The SMILES string of the molecule is OCc1cccc2c1ccn2CCCOc1ccccc1. The zero-order chi connectivity index (χ0) is 14.5. The van der Waals surface area contributed by atoms with E-state index in [1.54, 1.807) is 0 Å². The minimum absolute atomic E-state index is 0.0818. The summed E-state index contributed by atoms with van der Waals surface area (Å²) in [5, 5.41) is 10.5. The normalized spacial score (nSPS) is 10.9. The first kappa shape index (κ1) is 13.7. The van der Waals surface area contributed by atoms with Gasteiger partial charge in [0, 0.05) is 23.6 Å². The monoisotopic (exact) mass is 281 g/mol. The zero-order valence-corrected chi connectivity index (χ0v) is 11.9. The Morgan fingerprint density at radius 2 is 1.81 bits per heavy atom. The first-order valence-corrected chi connectivity index (χ1v) is 7.24. The summed E-state index contributed by atoms with van der Waals surface area (Å²) >= 11 is 0. The molecule has 3 aromatic rings. The molecule has 0 atom stereocenters. The van der Waals surface area contributed by atoms with Crippen LogP contribution in [0.3, 0.4) is 0 Å². The van der Waals surface area contributed by atoms with E-state index in [9.17, 15) is 5.11 Å². The van der Waals surface area contributed by atoms with Gasteiger partial charge in [-0.15, -0.1) is 0 Å². The fourth-order valence-electron chi connectivity index (χ4n) is 2.56. The van der Waals surface area contributed by atoms with Crippen LogP contribution in [0.1, 0.15) is 12.0 Å². The van der Waals surface area contributed by atoms with Gasteiger partial charge >= 0.3 is 0 Å². The Bertz CT molecular complexity index is 704. The largest absolute Gasteiger partial charge is 0.494 e. The summed E-state index contributed by atoms with van der Waals surface area (Å²) in [5.74, 6) is 0.914. The van der Waals surface area contributed by atoms with Crippen molar-refractivity contribution in [2.45, 2.75) is 19.6 Å². The highest BCUT2D eigenvalue weighted by molar-refractivity contribution is 5.83. The van der Waals surface area contributed by atoms with E-state index in [1.165, 1.54) is 5.52 Å². The lowest BCUT2D eigenvalue weighted by molar-refractivity contribution is 0.283. The summed E-state index contributed by atoms with van der Waals surface area (Å²) in [6.07, 6.45) is 3.02. The quantitative estimate of drug-likeness (QED) is 0.700. The van der Waals surface area contributed by atoms with Crippen molar-refractivity contribution >= 4 is 10.9 Å². The highest BCUT2D eigenvalue weighted by atomic mass is 16.5. The smallest absolute Gasteiger partial charge is 0.119 e. The third-order valence-electron chi connectivity index (χ3n) is 3.63. The van der Waals surface area contributed by atoms with Crippen molar-refractivity contribution in [2.24, 2.45) is 0 Å². The number of fused-ring (bicyclic) bond motifs is 1. The standard InChI is InChI=1S/C18H19NO2/c20-14-15-6-4-9-18-17(15)10-12-19(18)11-5-13-21-16-7-2-1-3-8-16/h1-4,6-10,12,20H,5,11,13-14H2. The second-order valence-electron chi connectivity index (χ2n) is 5.03. The molecular weight excluding hydrogens is 262 g/mol. The van der Waals surface area contributed by atoms with Crippen molar-refractivity contribution in [3.8, 4) is 5.75 Å². The molecule has 1 heterocycles. The minimum atomic E-state index is 0.0818. The van der Waals surface area contributed by atoms with Crippen LogP contribution in [0.25, 0.3) is 10.9 Å². The molecule has 0 unspecified atom stereocenters. The molecule has 0 fully saturated rings. The van der Waals surface area contributed by atoms with Crippen LogP contribution in [0.15, 0.2) is 60.8 Å². The Morgan fingerprint density at radius 3 is 2.62 bits per heavy atom. The van der Waals surface area contributed by atoms with Crippen LogP contribution in [0.4, 0.5) is 0 Å². The van der Waals surface area contributed by atoms with Crippen molar-refractivity contribution in [1.29, 1.82) is 0 Å². The number of ether oxygens (including phenoxy) is 1. The number of hydrogen-bond donors (Lipinski definition) is 1. The van der Waals surface area contributed by atoms with Crippen molar-refractivity contribution < 1.29 is 9.84 Å². The number of aryl methyl sites for hydroxylation is 1. The fourth-order valence-corrected chi connectivity index (χ4v) is 2.56. The number of aromatic nitrogens is 1. The van der Waals surface area contributed by atoms with Crippen molar-refractivity contribution in [3.63, 3.8) is 0 Å². The summed E-state index contributed by atoms with van der Waals surface area (Å²) in [7, 11) is 0. The van der Waals surface area contributed by atoms with E-state index < -0.39 is 0 Å². The maximum absolute atomic E-state index is 9.36. The summed E-state index contributed by atoms with van der Waals surface area (Å²) < 4.78 is 7.92. The van der Waals surface area contributed by atoms with Gasteiger partial charge in [-0.1, -0.05) is 30.3 Å². The van der Waals surface area contributed by atoms with E-state index in [-0.39, 0.29) is 6.61 Å². The molecule has 0 spiro atoms. The van der Waals surface area contributed by atoms with E-state index in [1.807, 2.05) is 42.5 Å². The molecule has 0 aliphatic carbocycles. The molecule has 0 saturated carbocycles. The first-order valence-electron chi connectivity index (χ1n) is 7.24. The van der Waals surface area contributed by atoms with Crippen LogP contribution >= 0.6 is 0 Å². The number of rotatable bonds is 6. The van der Waals surface area contributed by atoms with Crippen molar-refractivity contribution in [1.82, 2.24) is 4.57 Å². The summed E-state index contributed by atoms with van der Waals surface area (Å²) in [6, 6.07) is 18.0. The molecule has 108 valence electrons. The molecule has 0 saturated heterocycles. The Labute approximate surface area is 124 Å². The topological polar surface area (TPSA) is 34.4 Å². The number of benzene rings is 2. The van der Waals surface area contributed by atoms with Crippen molar-refractivity contribution in [2.75, 3.05) is 6.61 Å². The number of hydrogen-bond acceptors (Lipinski definition) is 2. The summed E-state index contributed by atoms with van der Waals surface area (Å²) in [6.45, 7) is 1.69. The fraction of sp³-hybridized carbons (Fsp3) is 0.222. The Hall–Kier alpha value is -2.26. The molecule has 0 amide bonds. The van der Waals surface area contributed by atoms with Gasteiger partial charge in [-0.05, 0) is 36.2 Å². The van der Waals surface area contributed by atoms with Crippen LogP contribution in [0.2, 0.25) is 0 Å². The van der Waals surface area contributed by atoms with Crippen LogP contribution in [-0.2, 0) is 13.2 Å². The molecule has 2 aromatic carbocycles. The van der Waals surface area contributed by atoms with Crippen LogP contribution in [0, 0.1) is 0 Å². The first-order chi connectivity index (χ1) is 10.4. The molecule has 1 aromatic heterocycles. The van der Waals surface area contributed by atoms with E-state index >= 15 is 0 Å². The lowest BCUT2D eigenvalue weighted by Gasteiger charge is -2.08. The number of nitrogens with zero attached hydrogens (tertiary/aromatic N) is 1. The predicted octanol–water partition coefficient (Wildman–Crippen LogP) is 3.60. The highest BCUT2D eigenvalue weighted by Gasteiger charge is 2.04. The van der Waals surface area contributed by atoms with E-state index in [4.69, 9.17) is 4.74 Å². The zero-order valence-electron chi connectivity index (χ0n) is 11.9. The molecule has 21 heavy (non-hydrogen) atoms. The molecule has 0 aliphatic rings. The number of para-hydroxylation sites is 1. The molecule has 3 heteroatoms. The van der Waals surface area contributed by atoms with Gasteiger partial charge in [-0.3, -0.25) is 0 Å². The molecule has 0 radical (unpaired) electrons. The van der Waals surface area contributed by atoms with Crippen LogP contribution in [-0.4, -0.2) is 16.3 Å². The van der Waals surface area contributed by atoms with Gasteiger partial charge < -0.3 is 14.4 Å². The van der Waals surface area contributed by atoms with Gasteiger partial charge in [-0.2, -0.15) is 0 Å². The molecule has 3 nitrogen and oxygen atoms in total. The van der Waals surface area contributed by atoms with E-state index in [2.05, 4.69) is 22.9 Å². The maximum Gasteiger partial charge on any atom is 0.119 e. The average molecular weight is 281 g/mol. The van der Waals surface area contributed by atoms with Crippen LogP contribution in [0.5, 0.6) is 5.75 Å².